The van der Waals surface area contributed by atoms with Crippen LogP contribution in [-0.2, 0) is 0 Å². The van der Waals surface area contributed by atoms with Crippen LogP contribution in [0.25, 0.3) is 16.6 Å². The summed E-state index contributed by atoms with van der Waals surface area (Å²) in [6, 6.07) is 3.92. The van der Waals surface area contributed by atoms with Gasteiger partial charge in [0.1, 0.15) is 5.82 Å². The molecular weight excluding hydrogens is 344 g/mol. The second-order valence-electron chi connectivity index (χ2n) is 5.39. The number of aromatic nitrogens is 2. The molecule has 27 heavy (non-hydrogen) atoms. The van der Waals surface area contributed by atoms with E-state index in [0.29, 0.717) is 17.0 Å². The zero-order chi connectivity index (χ0) is 20.6. The number of fused-ring (bicyclic) bond motifs is 1. The normalized spacial score (nSPS) is 12.6. The van der Waals surface area contributed by atoms with Crippen LogP contribution in [-0.4, -0.2) is 21.5 Å². The lowest BCUT2D eigenvalue weighted by atomic mass is 10.2. The number of hydrogen-bond donors (Lipinski definition) is 1. The number of rotatable bonds is 6. The highest BCUT2D eigenvalue weighted by Gasteiger charge is 2.19. The van der Waals surface area contributed by atoms with Gasteiger partial charge >= 0.3 is 0 Å². The summed E-state index contributed by atoms with van der Waals surface area (Å²) in [6.45, 7) is 11.3. The van der Waals surface area contributed by atoms with E-state index in [1.807, 2.05) is 20.8 Å². The Morgan fingerprint density at radius 3 is 2.59 bits per heavy atom. The second kappa shape index (κ2) is 10.2. The van der Waals surface area contributed by atoms with E-state index < -0.39 is 4.92 Å². The van der Waals surface area contributed by atoms with Gasteiger partial charge in [0.2, 0.25) is 0 Å². The van der Waals surface area contributed by atoms with E-state index in [0.717, 1.165) is 0 Å². The molecule has 7 nitrogen and oxygen atoms in total. The van der Waals surface area contributed by atoms with Crippen LogP contribution < -0.4 is 10.9 Å². The van der Waals surface area contributed by atoms with E-state index in [-0.39, 0.29) is 22.7 Å². The van der Waals surface area contributed by atoms with Gasteiger partial charge < -0.3 is 5.32 Å². The highest BCUT2D eigenvalue weighted by Crippen LogP contribution is 2.21. The highest BCUT2D eigenvalue weighted by atomic mass is 16.6. The molecule has 7 heteroatoms. The van der Waals surface area contributed by atoms with Crippen molar-refractivity contribution in [3.63, 3.8) is 0 Å². The molecule has 0 aliphatic heterocycles. The van der Waals surface area contributed by atoms with Crippen LogP contribution in [0.4, 0.5) is 5.69 Å². The molecule has 144 valence electrons. The largest absolute Gasteiger partial charge is 0.311 e. The molecule has 1 aromatic heterocycles. The quantitative estimate of drug-likeness (QED) is 0.467. The monoisotopic (exact) mass is 370 g/mol. The summed E-state index contributed by atoms with van der Waals surface area (Å²) in [5.74, 6) is 0.524. The lowest BCUT2D eigenvalue weighted by Gasteiger charge is -2.18. The highest BCUT2D eigenvalue weighted by molar-refractivity contribution is 5.81. The van der Waals surface area contributed by atoms with Gasteiger partial charge in [-0.1, -0.05) is 38.7 Å². The number of nitrogens with one attached hydrogen (secondary N) is 1. The van der Waals surface area contributed by atoms with Crippen molar-refractivity contribution in [1.29, 1.82) is 0 Å². The molecule has 0 aliphatic rings. The number of nitrogens with zero attached hydrogens (tertiary/aromatic N) is 3. The zero-order valence-electron chi connectivity index (χ0n) is 16.4. The predicted molar refractivity (Wildman–Crippen MR) is 111 cm³/mol. The SMILES string of the molecule is C=C/C=C\C(=C/C)n1c(C(C)NC)nc2ccc([N+](=O)[O-])cc2c1=O.CC. The fourth-order valence-electron chi connectivity index (χ4n) is 2.44. The molecule has 2 rings (SSSR count). The van der Waals surface area contributed by atoms with Gasteiger partial charge in [0.25, 0.3) is 11.2 Å². The Balaban J connectivity index is 0.00000176. The number of non-ortho nitro benzene ring substituents is 1. The van der Waals surface area contributed by atoms with Gasteiger partial charge in [0, 0.05) is 17.8 Å². The van der Waals surface area contributed by atoms with E-state index >= 15 is 0 Å². The molecule has 1 unspecified atom stereocenters. The standard InChI is InChI=1S/C18H20N4O3.C2H6/c1-5-7-8-13(6-2)21-17(12(3)19-4)20-16-10-9-14(22(24)25)11-15(16)18(21)23;1-2/h5-12,19H,1H2,2-4H3;1-2H3/b8-7-,13-6+;. The third kappa shape index (κ3) is 4.77. The molecule has 1 N–H and O–H groups in total. The van der Waals surface area contributed by atoms with E-state index in [4.69, 9.17) is 0 Å². The van der Waals surface area contributed by atoms with Crippen molar-refractivity contribution in [3.05, 3.63) is 75.4 Å². The molecule has 1 heterocycles. The Bertz CT molecular complexity index is 942. The summed E-state index contributed by atoms with van der Waals surface area (Å²) in [4.78, 5) is 28.1. The number of hydrogen-bond acceptors (Lipinski definition) is 5. The average molecular weight is 370 g/mol. The van der Waals surface area contributed by atoms with Gasteiger partial charge in [0.15, 0.2) is 0 Å². The van der Waals surface area contributed by atoms with Crippen molar-refractivity contribution in [2.24, 2.45) is 0 Å². The molecule has 0 spiro atoms. The summed E-state index contributed by atoms with van der Waals surface area (Å²) in [5, 5.41) is 14.3. The van der Waals surface area contributed by atoms with Crippen LogP contribution >= 0.6 is 0 Å². The van der Waals surface area contributed by atoms with Gasteiger partial charge in [-0.25, -0.2) is 4.98 Å². The van der Waals surface area contributed by atoms with Crippen LogP contribution in [0.5, 0.6) is 0 Å². The molecule has 1 aromatic carbocycles. The molecule has 0 aliphatic carbocycles. The van der Waals surface area contributed by atoms with Gasteiger partial charge in [-0.3, -0.25) is 19.5 Å². The van der Waals surface area contributed by atoms with E-state index in [9.17, 15) is 14.9 Å². The van der Waals surface area contributed by atoms with Crippen LogP contribution in [0.15, 0.2) is 53.9 Å². The summed E-state index contributed by atoms with van der Waals surface area (Å²) >= 11 is 0. The maximum atomic E-state index is 13.1. The number of allylic oxidation sites excluding steroid dienone is 5. The Morgan fingerprint density at radius 1 is 1.41 bits per heavy atom. The van der Waals surface area contributed by atoms with Gasteiger partial charge in [-0.05, 0) is 33.0 Å². The average Bonchev–Trinajstić information content (AvgIpc) is 2.70. The maximum absolute atomic E-state index is 13.1. The molecule has 0 bridgehead atoms. The van der Waals surface area contributed by atoms with Crippen LogP contribution in [0.1, 0.15) is 39.6 Å². The summed E-state index contributed by atoms with van der Waals surface area (Å²) in [5.41, 5.74) is 0.540. The first-order valence-electron chi connectivity index (χ1n) is 8.78. The number of nitro benzene ring substituents is 1. The topological polar surface area (TPSA) is 90.1 Å². The minimum atomic E-state index is -0.526. The third-order valence-electron chi connectivity index (χ3n) is 3.87. The van der Waals surface area contributed by atoms with Gasteiger partial charge in [-0.2, -0.15) is 0 Å². The molecule has 0 amide bonds. The second-order valence-corrected chi connectivity index (χ2v) is 5.39. The molecule has 0 saturated heterocycles. The fraction of sp³-hybridized carbons (Fsp3) is 0.300. The Hall–Kier alpha value is -3.06. The molecular formula is C20H26N4O3. The lowest BCUT2D eigenvalue weighted by molar-refractivity contribution is -0.384. The Morgan fingerprint density at radius 2 is 2.07 bits per heavy atom. The number of benzene rings is 1. The molecule has 0 saturated carbocycles. The van der Waals surface area contributed by atoms with Gasteiger partial charge in [-0.15, -0.1) is 0 Å². The van der Waals surface area contributed by atoms with Gasteiger partial charge in [0.05, 0.1) is 21.9 Å². The van der Waals surface area contributed by atoms with Crippen molar-refractivity contribution >= 4 is 22.3 Å². The van der Waals surface area contributed by atoms with E-state index in [1.165, 1.54) is 22.8 Å². The first-order valence-corrected chi connectivity index (χ1v) is 8.78. The first-order chi connectivity index (χ1) is 12.9. The minimum Gasteiger partial charge on any atom is -0.311 e. The fourth-order valence-corrected chi connectivity index (χ4v) is 2.44. The number of nitro groups is 1. The summed E-state index contributed by atoms with van der Waals surface area (Å²) in [6.07, 6.45) is 6.84. The van der Waals surface area contributed by atoms with Crippen molar-refractivity contribution in [3.8, 4) is 0 Å². The Kier molecular flexibility index (Phi) is 8.29. The molecule has 2 aromatic rings. The zero-order valence-corrected chi connectivity index (χ0v) is 16.4. The molecule has 1 atom stereocenters. The van der Waals surface area contributed by atoms with Crippen molar-refractivity contribution in [2.45, 2.75) is 33.7 Å². The van der Waals surface area contributed by atoms with E-state index in [2.05, 4.69) is 16.9 Å². The maximum Gasteiger partial charge on any atom is 0.270 e. The summed E-state index contributed by atoms with van der Waals surface area (Å²) < 4.78 is 1.47. The third-order valence-corrected chi connectivity index (χ3v) is 3.87. The first kappa shape index (κ1) is 22.0. The van der Waals surface area contributed by atoms with Crippen LogP contribution in [0, 0.1) is 10.1 Å². The summed E-state index contributed by atoms with van der Waals surface area (Å²) in [7, 11) is 1.77. The molecule has 0 fully saturated rings. The molecule has 0 radical (unpaired) electrons. The van der Waals surface area contributed by atoms with Crippen molar-refractivity contribution in [1.82, 2.24) is 14.9 Å². The van der Waals surface area contributed by atoms with Crippen LogP contribution in [0.2, 0.25) is 0 Å². The minimum absolute atomic E-state index is 0.143. The smallest absolute Gasteiger partial charge is 0.270 e. The van der Waals surface area contributed by atoms with Crippen molar-refractivity contribution < 1.29 is 4.92 Å². The van der Waals surface area contributed by atoms with E-state index in [1.54, 1.807) is 38.3 Å². The lowest BCUT2D eigenvalue weighted by Crippen LogP contribution is -2.29. The Labute approximate surface area is 158 Å². The van der Waals surface area contributed by atoms with Crippen molar-refractivity contribution in [2.75, 3.05) is 7.05 Å². The van der Waals surface area contributed by atoms with Crippen LogP contribution in [0.3, 0.4) is 0 Å². The predicted octanol–water partition coefficient (Wildman–Crippen LogP) is 4.21.